The topological polar surface area (TPSA) is 97.3 Å². The number of ether oxygens (including phenoxy) is 1. The second-order valence-electron chi connectivity index (χ2n) is 8.29. The van der Waals surface area contributed by atoms with E-state index in [1.165, 1.54) is 18.6 Å². The third-order valence-electron chi connectivity index (χ3n) is 5.62. The molecule has 3 aromatic heterocycles. The van der Waals surface area contributed by atoms with Crippen molar-refractivity contribution < 1.29 is 27.5 Å². The lowest BCUT2D eigenvalue weighted by Gasteiger charge is -2.25. The molecule has 1 aliphatic rings. The zero-order valence-electron chi connectivity index (χ0n) is 19.2. The van der Waals surface area contributed by atoms with Gasteiger partial charge in [-0.15, -0.1) is 0 Å². The van der Waals surface area contributed by atoms with E-state index in [0.29, 0.717) is 27.8 Å². The molecule has 2 amide bonds. The van der Waals surface area contributed by atoms with Crippen LogP contribution in [-0.2, 0) is 6.54 Å². The Kier molecular flexibility index (Phi) is 6.42. The van der Waals surface area contributed by atoms with Crippen LogP contribution in [-0.4, -0.2) is 44.4 Å². The number of aryl methyl sites for hydroxylation is 2. The molecule has 1 aliphatic heterocycles. The number of nitrogens with zero attached hydrogens (tertiary/aromatic N) is 4. The van der Waals surface area contributed by atoms with Crippen LogP contribution >= 0.6 is 0 Å². The first-order valence-corrected chi connectivity index (χ1v) is 10.7. The lowest BCUT2D eigenvalue weighted by molar-refractivity contribution is -0.154. The number of fused-ring (bicyclic) bond motifs is 1. The molecule has 0 saturated heterocycles. The lowest BCUT2D eigenvalue weighted by atomic mass is 10.1. The molecule has 4 rings (SSSR count). The Balaban J connectivity index is 1.52. The van der Waals surface area contributed by atoms with Gasteiger partial charge in [0, 0.05) is 41.5 Å². The van der Waals surface area contributed by atoms with Crippen molar-refractivity contribution in [3.8, 4) is 5.88 Å². The number of amides is 2. The van der Waals surface area contributed by atoms with Crippen LogP contribution in [0.4, 0.5) is 19.0 Å². The molecule has 8 nitrogen and oxygen atoms in total. The largest absolute Gasteiger partial charge is 0.468 e. The number of anilines is 1. The summed E-state index contributed by atoms with van der Waals surface area (Å²) >= 11 is 0. The molecule has 1 unspecified atom stereocenters. The summed E-state index contributed by atoms with van der Waals surface area (Å²) in [6.45, 7) is 3.96. The molecule has 11 heteroatoms. The summed E-state index contributed by atoms with van der Waals surface area (Å²) in [4.78, 5) is 39.7. The first-order chi connectivity index (χ1) is 16.5. The molecule has 182 valence electrons. The van der Waals surface area contributed by atoms with E-state index in [-0.39, 0.29) is 24.1 Å². The number of carbonyl (C=O) groups is 2. The smallest absolute Gasteiger partial charge is 0.422 e. The number of pyridine rings is 3. The second kappa shape index (κ2) is 9.32. The third kappa shape index (κ3) is 5.23. The average molecular weight is 485 g/mol. The Morgan fingerprint density at radius 2 is 1.97 bits per heavy atom. The fraction of sp³-hybridized carbons (Fsp3) is 0.292. The zero-order chi connectivity index (χ0) is 25.3. The summed E-state index contributed by atoms with van der Waals surface area (Å²) in [7, 11) is 0. The van der Waals surface area contributed by atoms with Crippen molar-refractivity contribution in [3.05, 3.63) is 76.4 Å². The van der Waals surface area contributed by atoms with Crippen LogP contribution in [0.2, 0.25) is 0 Å². The van der Waals surface area contributed by atoms with Gasteiger partial charge in [-0.1, -0.05) is 0 Å². The van der Waals surface area contributed by atoms with Gasteiger partial charge >= 0.3 is 6.18 Å². The number of hydrogen-bond acceptors (Lipinski definition) is 6. The van der Waals surface area contributed by atoms with Gasteiger partial charge < -0.3 is 15.0 Å². The predicted molar refractivity (Wildman–Crippen MR) is 120 cm³/mol. The van der Waals surface area contributed by atoms with E-state index in [1.807, 2.05) is 6.92 Å². The maximum atomic E-state index is 13.1. The monoisotopic (exact) mass is 485 g/mol. The normalized spacial score (nSPS) is 14.0. The van der Waals surface area contributed by atoms with Gasteiger partial charge in [-0.3, -0.25) is 14.6 Å². The van der Waals surface area contributed by atoms with Crippen molar-refractivity contribution >= 4 is 17.6 Å². The van der Waals surface area contributed by atoms with Crippen LogP contribution in [0.1, 0.15) is 55.9 Å². The van der Waals surface area contributed by atoms with Gasteiger partial charge in [-0.2, -0.15) is 13.2 Å². The van der Waals surface area contributed by atoms with Gasteiger partial charge in [0.1, 0.15) is 5.82 Å². The molecule has 0 fully saturated rings. The van der Waals surface area contributed by atoms with E-state index in [4.69, 9.17) is 4.74 Å². The molecule has 1 N–H and O–H groups in total. The molecule has 0 aromatic carbocycles. The summed E-state index contributed by atoms with van der Waals surface area (Å²) in [5, 5.41) is 2.76. The SMILES string of the molecule is Cc1cncc(C(=O)Nc2nccc3c2CN(C(C)c2cnc(OCC(F)(F)F)c(C)c2)C3=O)c1. The van der Waals surface area contributed by atoms with Crippen LogP contribution < -0.4 is 10.1 Å². The molecule has 1 atom stereocenters. The predicted octanol–water partition coefficient (Wildman–Crippen LogP) is 4.40. The highest BCUT2D eigenvalue weighted by molar-refractivity contribution is 6.06. The minimum Gasteiger partial charge on any atom is -0.468 e. The number of carbonyl (C=O) groups excluding carboxylic acids is 2. The Bertz CT molecular complexity index is 1300. The van der Waals surface area contributed by atoms with Gasteiger partial charge in [0.05, 0.1) is 18.2 Å². The molecule has 0 spiro atoms. The zero-order valence-corrected chi connectivity index (χ0v) is 19.2. The van der Waals surface area contributed by atoms with Gasteiger partial charge in [0.25, 0.3) is 11.8 Å². The molecule has 0 radical (unpaired) electrons. The van der Waals surface area contributed by atoms with Crippen molar-refractivity contribution in [1.29, 1.82) is 0 Å². The molecule has 3 aromatic rings. The van der Waals surface area contributed by atoms with Crippen molar-refractivity contribution in [2.24, 2.45) is 0 Å². The van der Waals surface area contributed by atoms with Crippen LogP contribution in [0.5, 0.6) is 5.88 Å². The maximum absolute atomic E-state index is 13.1. The number of rotatable bonds is 6. The minimum absolute atomic E-state index is 0.117. The summed E-state index contributed by atoms with van der Waals surface area (Å²) in [6, 6.07) is 4.49. The Morgan fingerprint density at radius 3 is 2.66 bits per heavy atom. The average Bonchev–Trinajstić information content (AvgIpc) is 3.14. The standard InChI is InChI=1S/C24H22F3N5O3/c1-13-6-17(9-28-8-13)21(33)31-20-19-11-32(23(34)18(19)4-5-29-20)15(3)16-7-14(2)22(30-10-16)35-12-24(25,26)27/h4-10,15H,11-12H2,1-3H3,(H,29,31,33). The summed E-state index contributed by atoms with van der Waals surface area (Å²) in [5.41, 5.74) is 3.25. The van der Waals surface area contributed by atoms with E-state index >= 15 is 0 Å². The van der Waals surface area contributed by atoms with Crippen LogP contribution in [0.25, 0.3) is 0 Å². The van der Waals surface area contributed by atoms with Crippen molar-refractivity contribution in [1.82, 2.24) is 19.9 Å². The highest BCUT2D eigenvalue weighted by Gasteiger charge is 2.34. The van der Waals surface area contributed by atoms with Gasteiger partial charge in [0.15, 0.2) is 6.61 Å². The van der Waals surface area contributed by atoms with E-state index in [0.717, 1.165) is 5.56 Å². The van der Waals surface area contributed by atoms with Crippen LogP contribution in [0.3, 0.4) is 0 Å². The second-order valence-corrected chi connectivity index (χ2v) is 8.29. The molecule has 35 heavy (non-hydrogen) atoms. The number of aromatic nitrogens is 3. The fourth-order valence-corrected chi connectivity index (χ4v) is 3.82. The molecular formula is C24H22F3N5O3. The fourth-order valence-electron chi connectivity index (χ4n) is 3.82. The molecule has 0 bridgehead atoms. The molecule has 0 saturated carbocycles. The summed E-state index contributed by atoms with van der Waals surface area (Å²) < 4.78 is 42.1. The number of hydrogen-bond donors (Lipinski definition) is 1. The van der Waals surface area contributed by atoms with Crippen LogP contribution in [0.15, 0.2) is 43.0 Å². The lowest BCUT2D eigenvalue weighted by Crippen LogP contribution is -2.27. The Hall–Kier alpha value is -4.02. The summed E-state index contributed by atoms with van der Waals surface area (Å²) in [5.74, 6) is -0.482. The number of alkyl halides is 3. The van der Waals surface area contributed by atoms with Crippen LogP contribution in [0, 0.1) is 13.8 Å². The minimum atomic E-state index is -4.47. The van der Waals surface area contributed by atoms with Crippen molar-refractivity contribution in [3.63, 3.8) is 0 Å². The van der Waals surface area contributed by atoms with Crippen molar-refractivity contribution in [2.45, 2.75) is 39.5 Å². The highest BCUT2D eigenvalue weighted by Crippen LogP contribution is 2.35. The Morgan fingerprint density at radius 1 is 1.20 bits per heavy atom. The molecule has 4 heterocycles. The Labute approximate surface area is 199 Å². The quantitative estimate of drug-likeness (QED) is 0.556. The first-order valence-electron chi connectivity index (χ1n) is 10.7. The van der Waals surface area contributed by atoms with E-state index in [9.17, 15) is 22.8 Å². The molecule has 0 aliphatic carbocycles. The van der Waals surface area contributed by atoms with Crippen molar-refractivity contribution in [2.75, 3.05) is 11.9 Å². The van der Waals surface area contributed by atoms with E-state index < -0.39 is 24.7 Å². The van der Waals surface area contributed by atoms with Gasteiger partial charge in [-0.05, 0) is 50.1 Å². The third-order valence-corrected chi connectivity index (χ3v) is 5.62. The first kappa shape index (κ1) is 24.1. The highest BCUT2D eigenvalue weighted by atomic mass is 19.4. The number of nitrogens with one attached hydrogen (secondary N) is 1. The van der Waals surface area contributed by atoms with Gasteiger partial charge in [-0.25, -0.2) is 9.97 Å². The van der Waals surface area contributed by atoms with E-state index in [2.05, 4.69) is 20.3 Å². The summed E-state index contributed by atoms with van der Waals surface area (Å²) in [6.07, 6.45) is 1.46. The maximum Gasteiger partial charge on any atom is 0.422 e. The number of halogens is 3. The van der Waals surface area contributed by atoms with E-state index in [1.54, 1.807) is 43.1 Å². The van der Waals surface area contributed by atoms with Gasteiger partial charge in [0.2, 0.25) is 5.88 Å². The molecular weight excluding hydrogens is 463 g/mol.